The summed E-state index contributed by atoms with van der Waals surface area (Å²) in [5.74, 6) is -1.29. The fourth-order valence-electron chi connectivity index (χ4n) is 6.44. The number of alkyl carbamates (subject to hydrolysis) is 1. The molecule has 0 radical (unpaired) electrons. The molecule has 230 valence electrons. The highest BCUT2D eigenvalue weighted by Crippen LogP contribution is 2.44. The summed E-state index contributed by atoms with van der Waals surface area (Å²) in [6, 6.07) is 42.0. The van der Waals surface area contributed by atoms with Gasteiger partial charge in [-0.3, -0.25) is 10.1 Å². The number of aliphatic carboxylic acids is 1. The molecule has 1 atom stereocenters. The Hall–Kier alpha value is -5.53. The van der Waals surface area contributed by atoms with Crippen LogP contribution in [-0.2, 0) is 15.1 Å². The largest absolute Gasteiger partial charge is 0.480 e. The monoisotopic (exact) mass is 610 g/mol. The summed E-state index contributed by atoms with van der Waals surface area (Å²) in [4.78, 5) is 36.7. The lowest BCUT2D eigenvalue weighted by molar-refractivity contribution is -0.139. The summed E-state index contributed by atoms with van der Waals surface area (Å²) in [6.07, 6.45) is 0.111. The minimum Gasteiger partial charge on any atom is -0.480 e. The molecule has 1 aliphatic rings. The summed E-state index contributed by atoms with van der Waals surface area (Å²) in [7, 11) is 0. The number of rotatable bonds is 12. The Morgan fingerprint density at radius 1 is 0.717 bits per heavy atom. The van der Waals surface area contributed by atoms with Gasteiger partial charge in [-0.25, -0.2) is 9.59 Å². The second-order valence-corrected chi connectivity index (χ2v) is 11.3. The number of carboxylic acid groups (broad SMARTS) is 1. The van der Waals surface area contributed by atoms with Gasteiger partial charge in [-0.15, -0.1) is 0 Å². The topological polar surface area (TPSA) is 105 Å². The zero-order chi connectivity index (χ0) is 31.9. The van der Waals surface area contributed by atoms with Crippen LogP contribution in [0.4, 0.5) is 4.79 Å². The van der Waals surface area contributed by atoms with Crippen molar-refractivity contribution in [1.82, 2.24) is 10.6 Å². The van der Waals surface area contributed by atoms with Gasteiger partial charge in [-0.05, 0) is 51.9 Å². The van der Waals surface area contributed by atoms with Gasteiger partial charge in [0.25, 0.3) is 0 Å². The molecule has 3 N–H and O–H groups in total. The van der Waals surface area contributed by atoms with Crippen molar-refractivity contribution in [2.75, 3.05) is 13.2 Å². The van der Waals surface area contributed by atoms with Crippen LogP contribution in [-0.4, -0.2) is 42.6 Å². The highest BCUT2D eigenvalue weighted by atomic mass is 16.5. The van der Waals surface area contributed by atoms with E-state index in [2.05, 4.69) is 22.8 Å². The van der Waals surface area contributed by atoms with Crippen LogP contribution < -0.4 is 10.6 Å². The Balaban J connectivity index is 1.19. The zero-order valence-corrected chi connectivity index (χ0v) is 25.1. The van der Waals surface area contributed by atoms with Gasteiger partial charge >= 0.3 is 12.1 Å². The number of hydrogen-bond acceptors (Lipinski definition) is 5. The standard InChI is InChI=1S/C39H34N2O5/c42-25-27-19-21-30(22-20-27)39(28-11-3-1-4-12-28,29-13-5-2-6-14-29)40-24-23-36(37(43)44)41-38(45)46-26-35-33-17-9-7-15-31(33)32-16-8-10-18-34(32)35/h1-22,25,35-36,40H,23-24,26H2,(H,41,45)(H,43,44). The quantitative estimate of drug-likeness (QED) is 0.107. The molecular weight excluding hydrogens is 576 g/mol. The van der Waals surface area contributed by atoms with E-state index >= 15 is 0 Å². The molecule has 0 heterocycles. The van der Waals surface area contributed by atoms with Gasteiger partial charge in [-0.1, -0.05) is 133 Å². The maximum atomic E-state index is 13.0. The average Bonchev–Trinajstić information content (AvgIpc) is 3.43. The van der Waals surface area contributed by atoms with Gasteiger partial charge in [0.1, 0.15) is 18.9 Å². The Bertz CT molecular complexity index is 1740. The molecule has 7 nitrogen and oxygen atoms in total. The zero-order valence-electron chi connectivity index (χ0n) is 25.1. The number of hydrogen-bond donors (Lipinski definition) is 3. The van der Waals surface area contributed by atoms with E-state index in [4.69, 9.17) is 4.74 Å². The van der Waals surface area contributed by atoms with E-state index in [1.165, 1.54) is 0 Å². The average molecular weight is 611 g/mol. The number of nitrogens with one attached hydrogen (secondary N) is 2. The van der Waals surface area contributed by atoms with Crippen LogP contribution in [0.15, 0.2) is 133 Å². The number of benzene rings is 5. The van der Waals surface area contributed by atoms with Crippen LogP contribution in [0.5, 0.6) is 0 Å². The molecule has 0 saturated heterocycles. The summed E-state index contributed by atoms with van der Waals surface area (Å²) in [6.45, 7) is 0.326. The number of aldehydes is 1. The van der Waals surface area contributed by atoms with Crippen molar-refractivity contribution in [3.63, 3.8) is 0 Å². The molecule has 5 aromatic carbocycles. The highest BCUT2D eigenvalue weighted by Gasteiger charge is 2.36. The van der Waals surface area contributed by atoms with Gasteiger partial charge < -0.3 is 15.2 Å². The van der Waals surface area contributed by atoms with Crippen LogP contribution in [0, 0.1) is 0 Å². The summed E-state index contributed by atoms with van der Waals surface area (Å²) in [5, 5.41) is 16.3. The van der Waals surface area contributed by atoms with Crippen molar-refractivity contribution in [2.45, 2.75) is 23.9 Å². The number of carboxylic acids is 1. The molecule has 1 unspecified atom stereocenters. The first-order valence-corrected chi connectivity index (χ1v) is 15.3. The predicted molar refractivity (Wildman–Crippen MR) is 177 cm³/mol. The number of amides is 1. The molecule has 5 aromatic rings. The van der Waals surface area contributed by atoms with Crippen molar-refractivity contribution >= 4 is 18.3 Å². The van der Waals surface area contributed by atoms with Gasteiger partial charge in [0.15, 0.2) is 0 Å². The van der Waals surface area contributed by atoms with Crippen molar-refractivity contribution in [3.05, 3.63) is 167 Å². The first-order chi connectivity index (χ1) is 22.5. The fraction of sp³-hybridized carbons (Fsp3) is 0.154. The first-order valence-electron chi connectivity index (χ1n) is 15.3. The Labute approximate surface area is 267 Å². The third-order valence-electron chi connectivity index (χ3n) is 8.65. The molecular formula is C39H34N2O5. The van der Waals surface area contributed by atoms with E-state index in [1.54, 1.807) is 12.1 Å². The fourth-order valence-corrected chi connectivity index (χ4v) is 6.44. The minimum atomic E-state index is -1.19. The smallest absolute Gasteiger partial charge is 0.407 e. The molecule has 0 saturated carbocycles. The summed E-state index contributed by atoms with van der Waals surface area (Å²) in [5.41, 5.74) is 6.84. The second-order valence-electron chi connectivity index (χ2n) is 11.3. The lowest BCUT2D eigenvalue weighted by Crippen LogP contribution is -2.48. The minimum absolute atomic E-state index is 0.0896. The van der Waals surface area contributed by atoms with Crippen molar-refractivity contribution in [3.8, 4) is 11.1 Å². The first kappa shape index (κ1) is 30.5. The Morgan fingerprint density at radius 3 is 1.74 bits per heavy atom. The van der Waals surface area contributed by atoms with Gasteiger partial charge in [0, 0.05) is 11.5 Å². The molecule has 0 aromatic heterocycles. The van der Waals surface area contributed by atoms with E-state index in [-0.39, 0.29) is 25.5 Å². The Kier molecular flexibility index (Phi) is 9.03. The molecule has 46 heavy (non-hydrogen) atoms. The Morgan fingerprint density at radius 2 is 1.22 bits per heavy atom. The van der Waals surface area contributed by atoms with Gasteiger partial charge in [0.05, 0.1) is 5.54 Å². The number of carbonyl (C=O) groups excluding carboxylic acids is 2. The molecule has 6 rings (SSSR count). The molecule has 0 aliphatic heterocycles. The predicted octanol–water partition coefficient (Wildman–Crippen LogP) is 6.76. The molecule has 1 amide bonds. The SMILES string of the molecule is O=Cc1ccc(C(NCCC(NC(=O)OCC2c3ccccc3-c3ccccc32)C(=O)O)(c2ccccc2)c2ccccc2)cc1. The van der Waals surface area contributed by atoms with Crippen LogP contribution in [0.25, 0.3) is 11.1 Å². The third kappa shape index (κ3) is 6.05. The number of fused-ring (bicyclic) bond motifs is 3. The lowest BCUT2D eigenvalue weighted by atomic mass is 9.76. The highest BCUT2D eigenvalue weighted by molar-refractivity contribution is 5.81. The maximum Gasteiger partial charge on any atom is 0.407 e. The molecule has 7 heteroatoms. The number of carbonyl (C=O) groups is 3. The van der Waals surface area contributed by atoms with E-state index < -0.39 is 23.6 Å². The molecule has 0 bridgehead atoms. The molecule has 0 fully saturated rings. The van der Waals surface area contributed by atoms with Gasteiger partial charge in [0.2, 0.25) is 0 Å². The van der Waals surface area contributed by atoms with Crippen LogP contribution >= 0.6 is 0 Å². The summed E-state index contributed by atoms with van der Waals surface area (Å²) < 4.78 is 5.64. The summed E-state index contributed by atoms with van der Waals surface area (Å²) >= 11 is 0. The normalized spacial score (nSPS) is 12.9. The van der Waals surface area contributed by atoms with Crippen molar-refractivity contribution in [1.29, 1.82) is 0 Å². The second kappa shape index (κ2) is 13.6. The number of ether oxygens (including phenoxy) is 1. The van der Waals surface area contributed by atoms with Crippen LogP contribution in [0.3, 0.4) is 0 Å². The maximum absolute atomic E-state index is 13.0. The molecule has 0 spiro atoms. The third-order valence-corrected chi connectivity index (χ3v) is 8.65. The van der Waals surface area contributed by atoms with E-state index in [0.717, 1.165) is 45.2 Å². The van der Waals surface area contributed by atoms with Crippen molar-refractivity contribution < 1.29 is 24.2 Å². The van der Waals surface area contributed by atoms with Crippen molar-refractivity contribution in [2.24, 2.45) is 0 Å². The van der Waals surface area contributed by atoms with Crippen LogP contribution in [0.1, 0.15) is 50.5 Å². The van der Waals surface area contributed by atoms with Crippen LogP contribution in [0.2, 0.25) is 0 Å². The van der Waals surface area contributed by atoms with E-state index in [0.29, 0.717) is 5.56 Å². The van der Waals surface area contributed by atoms with Gasteiger partial charge in [-0.2, -0.15) is 0 Å². The lowest BCUT2D eigenvalue weighted by Gasteiger charge is -2.37. The van der Waals surface area contributed by atoms with E-state index in [9.17, 15) is 19.5 Å². The molecule has 1 aliphatic carbocycles. The van der Waals surface area contributed by atoms with E-state index in [1.807, 2.05) is 109 Å².